The molecule has 1 unspecified atom stereocenters. The van der Waals surface area contributed by atoms with E-state index in [1.165, 1.54) is 0 Å². The van der Waals surface area contributed by atoms with Crippen LogP contribution in [0.2, 0.25) is 0 Å². The lowest BCUT2D eigenvalue weighted by Crippen LogP contribution is -2.14. The number of aromatic nitrogens is 2. The van der Waals surface area contributed by atoms with Crippen molar-refractivity contribution in [1.29, 1.82) is 0 Å². The zero-order chi connectivity index (χ0) is 12.6. The third-order valence-corrected chi connectivity index (χ3v) is 3.07. The summed E-state index contributed by atoms with van der Waals surface area (Å²) in [6.07, 6.45) is 0. The van der Waals surface area contributed by atoms with Crippen LogP contribution >= 0.6 is 15.9 Å². The quantitative estimate of drug-likeness (QED) is 0.882. The molecule has 0 fully saturated rings. The van der Waals surface area contributed by atoms with E-state index in [0.29, 0.717) is 0 Å². The molecule has 17 heavy (non-hydrogen) atoms. The van der Waals surface area contributed by atoms with Crippen LogP contribution in [-0.2, 0) is 6.54 Å². The number of benzene rings is 1. The van der Waals surface area contributed by atoms with E-state index in [2.05, 4.69) is 38.1 Å². The van der Waals surface area contributed by atoms with Gasteiger partial charge in [0.15, 0.2) is 0 Å². The van der Waals surface area contributed by atoms with Crippen molar-refractivity contribution in [3.05, 3.63) is 40.6 Å². The minimum Gasteiger partial charge on any atom is -0.323 e. The standard InChI is InChI=1S/C13H16BrN3/c1-8(2)7-17-12-5-4-10(14)6-11(12)16-13(17)9(3)15/h4-6,9H,1,7,15H2,2-3H3. The van der Waals surface area contributed by atoms with Crippen LogP contribution in [0.25, 0.3) is 11.0 Å². The SMILES string of the molecule is C=C(C)Cn1c(C(C)N)nc2cc(Br)ccc21. The van der Waals surface area contributed by atoms with Gasteiger partial charge in [-0.2, -0.15) is 0 Å². The second-order valence-electron chi connectivity index (χ2n) is 4.43. The van der Waals surface area contributed by atoms with E-state index in [4.69, 9.17) is 5.73 Å². The maximum atomic E-state index is 5.97. The number of allylic oxidation sites excluding steroid dienone is 1. The Bertz CT molecular complexity index is 569. The number of nitrogens with zero attached hydrogens (tertiary/aromatic N) is 2. The average Bonchev–Trinajstić information content (AvgIpc) is 2.55. The van der Waals surface area contributed by atoms with Crippen molar-refractivity contribution in [2.24, 2.45) is 5.73 Å². The molecule has 1 heterocycles. The van der Waals surface area contributed by atoms with Crippen molar-refractivity contribution >= 4 is 27.0 Å². The van der Waals surface area contributed by atoms with Crippen LogP contribution in [-0.4, -0.2) is 9.55 Å². The number of hydrogen-bond donors (Lipinski definition) is 1. The number of halogens is 1. The topological polar surface area (TPSA) is 43.8 Å². The molecule has 2 rings (SSSR count). The smallest absolute Gasteiger partial charge is 0.126 e. The fraction of sp³-hybridized carbons (Fsp3) is 0.308. The maximum absolute atomic E-state index is 5.97. The summed E-state index contributed by atoms with van der Waals surface area (Å²) in [5.74, 6) is 0.904. The third-order valence-electron chi connectivity index (χ3n) is 2.58. The highest BCUT2D eigenvalue weighted by atomic mass is 79.9. The Morgan fingerprint density at radius 2 is 2.29 bits per heavy atom. The Morgan fingerprint density at radius 1 is 1.59 bits per heavy atom. The van der Waals surface area contributed by atoms with Gasteiger partial charge in [0.25, 0.3) is 0 Å². The van der Waals surface area contributed by atoms with E-state index in [0.717, 1.165) is 33.4 Å². The maximum Gasteiger partial charge on any atom is 0.126 e. The molecular formula is C13H16BrN3. The molecule has 0 aliphatic heterocycles. The van der Waals surface area contributed by atoms with Crippen LogP contribution < -0.4 is 5.73 Å². The minimum absolute atomic E-state index is 0.0828. The lowest BCUT2D eigenvalue weighted by atomic mass is 10.3. The van der Waals surface area contributed by atoms with Gasteiger partial charge in [0.2, 0.25) is 0 Å². The zero-order valence-electron chi connectivity index (χ0n) is 10.1. The number of nitrogens with two attached hydrogens (primary N) is 1. The van der Waals surface area contributed by atoms with Gasteiger partial charge in [-0.25, -0.2) is 4.98 Å². The zero-order valence-corrected chi connectivity index (χ0v) is 11.7. The molecule has 0 spiro atoms. The van der Waals surface area contributed by atoms with E-state index >= 15 is 0 Å². The van der Waals surface area contributed by atoms with Gasteiger partial charge in [-0.05, 0) is 32.0 Å². The van der Waals surface area contributed by atoms with Crippen molar-refractivity contribution < 1.29 is 0 Å². The van der Waals surface area contributed by atoms with Crippen LogP contribution in [0.3, 0.4) is 0 Å². The molecule has 2 aromatic rings. The molecule has 1 atom stereocenters. The Morgan fingerprint density at radius 3 is 2.88 bits per heavy atom. The highest BCUT2D eigenvalue weighted by Gasteiger charge is 2.13. The normalized spacial score (nSPS) is 12.9. The summed E-state index contributed by atoms with van der Waals surface area (Å²) in [5, 5.41) is 0. The van der Waals surface area contributed by atoms with Gasteiger partial charge < -0.3 is 10.3 Å². The first-order valence-electron chi connectivity index (χ1n) is 5.54. The summed E-state index contributed by atoms with van der Waals surface area (Å²) < 4.78 is 3.16. The van der Waals surface area contributed by atoms with Gasteiger partial charge in [-0.15, -0.1) is 0 Å². The van der Waals surface area contributed by atoms with Crippen LogP contribution in [0.15, 0.2) is 34.8 Å². The molecule has 0 saturated carbocycles. The minimum atomic E-state index is -0.0828. The Labute approximate surface area is 109 Å². The van der Waals surface area contributed by atoms with E-state index in [1.807, 2.05) is 26.0 Å². The van der Waals surface area contributed by atoms with Gasteiger partial charge in [0.1, 0.15) is 5.82 Å². The Hall–Kier alpha value is -1.13. The molecular weight excluding hydrogens is 278 g/mol. The molecule has 0 saturated heterocycles. The lowest BCUT2D eigenvalue weighted by Gasteiger charge is -2.11. The summed E-state index contributed by atoms with van der Waals surface area (Å²) in [5.41, 5.74) is 9.13. The van der Waals surface area contributed by atoms with Crippen molar-refractivity contribution in [3.8, 4) is 0 Å². The molecule has 1 aromatic carbocycles. The summed E-state index contributed by atoms with van der Waals surface area (Å²) in [6, 6.07) is 6.00. The molecule has 0 radical (unpaired) electrons. The summed E-state index contributed by atoms with van der Waals surface area (Å²) >= 11 is 3.46. The van der Waals surface area contributed by atoms with Gasteiger partial charge in [-0.3, -0.25) is 0 Å². The van der Waals surface area contributed by atoms with Crippen molar-refractivity contribution in [1.82, 2.24) is 9.55 Å². The number of hydrogen-bond acceptors (Lipinski definition) is 2. The molecule has 0 aliphatic rings. The Balaban J connectivity index is 2.66. The highest BCUT2D eigenvalue weighted by Crippen LogP contribution is 2.23. The molecule has 2 N–H and O–H groups in total. The summed E-state index contributed by atoms with van der Waals surface area (Å²) in [4.78, 5) is 4.59. The summed E-state index contributed by atoms with van der Waals surface area (Å²) in [7, 11) is 0. The average molecular weight is 294 g/mol. The third kappa shape index (κ3) is 2.42. The van der Waals surface area contributed by atoms with Gasteiger partial charge in [0, 0.05) is 11.0 Å². The van der Waals surface area contributed by atoms with Gasteiger partial charge in [0.05, 0.1) is 17.1 Å². The molecule has 0 amide bonds. The second-order valence-corrected chi connectivity index (χ2v) is 5.35. The lowest BCUT2D eigenvalue weighted by molar-refractivity contribution is 0.660. The molecule has 0 bridgehead atoms. The van der Waals surface area contributed by atoms with Crippen molar-refractivity contribution in [3.63, 3.8) is 0 Å². The molecule has 1 aromatic heterocycles. The van der Waals surface area contributed by atoms with Crippen LogP contribution in [0.5, 0.6) is 0 Å². The van der Waals surface area contributed by atoms with Gasteiger partial charge in [-0.1, -0.05) is 28.1 Å². The monoisotopic (exact) mass is 293 g/mol. The number of fused-ring (bicyclic) bond motifs is 1. The highest BCUT2D eigenvalue weighted by molar-refractivity contribution is 9.10. The molecule has 3 nitrogen and oxygen atoms in total. The van der Waals surface area contributed by atoms with Crippen LogP contribution in [0.4, 0.5) is 0 Å². The summed E-state index contributed by atoms with van der Waals surface area (Å²) in [6.45, 7) is 8.67. The van der Waals surface area contributed by atoms with E-state index in [9.17, 15) is 0 Å². The molecule has 0 aliphatic carbocycles. The fourth-order valence-electron chi connectivity index (χ4n) is 1.91. The molecule has 90 valence electrons. The number of rotatable bonds is 3. The first kappa shape index (κ1) is 12.3. The second kappa shape index (κ2) is 4.63. The first-order valence-corrected chi connectivity index (χ1v) is 6.34. The molecule has 4 heteroatoms. The largest absolute Gasteiger partial charge is 0.323 e. The van der Waals surface area contributed by atoms with Crippen LogP contribution in [0.1, 0.15) is 25.7 Å². The van der Waals surface area contributed by atoms with E-state index < -0.39 is 0 Å². The van der Waals surface area contributed by atoms with Gasteiger partial charge >= 0.3 is 0 Å². The first-order chi connectivity index (χ1) is 7.99. The van der Waals surface area contributed by atoms with Crippen molar-refractivity contribution in [2.45, 2.75) is 26.4 Å². The van der Waals surface area contributed by atoms with E-state index in [-0.39, 0.29) is 6.04 Å². The Kier molecular flexibility index (Phi) is 3.35. The van der Waals surface area contributed by atoms with Crippen LogP contribution in [0, 0.1) is 0 Å². The van der Waals surface area contributed by atoms with Crippen molar-refractivity contribution in [2.75, 3.05) is 0 Å². The fourth-order valence-corrected chi connectivity index (χ4v) is 2.25. The predicted molar refractivity (Wildman–Crippen MR) is 74.8 cm³/mol. The predicted octanol–water partition coefficient (Wildman–Crippen LogP) is 3.39. The van der Waals surface area contributed by atoms with E-state index in [1.54, 1.807) is 0 Å². The number of imidazole rings is 1.